The highest BCUT2D eigenvalue weighted by Gasteiger charge is 2.34. The van der Waals surface area contributed by atoms with Crippen LogP contribution >= 0.6 is 0 Å². The maximum absolute atomic E-state index is 13.7. The monoisotopic (exact) mass is 506 g/mol. The molecule has 11 heteroatoms. The lowest BCUT2D eigenvalue weighted by Crippen LogP contribution is -2.49. The number of ether oxygens (including phenoxy) is 1. The highest BCUT2D eigenvalue weighted by Crippen LogP contribution is 2.27. The Kier molecular flexibility index (Phi) is 7.42. The van der Waals surface area contributed by atoms with Crippen molar-refractivity contribution < 1.29 is 23.2 Å². The molecular weight excluding hydrogens is 476 g/mol. The number of hydrogen-bond donors (Lipinski definition) is 1. The Morgan fingerprint density at radius 2 is 1.89 bits per heavy atom. The smallest absolute Gasteiger partial charge is 0.247 e. The molecule has 0 bridgehead atoms. The van der Waals surface area contributed by atoms with Crippen LogP contribution in [-0.2, 0) is 22.7 Å². The van der Waals surface area contributed by atoms with Crippen LogP contribution in [0.25, 0.3) is 11.6 Å². The quantitative estimate of drug-likeness (QED) is 0.365. The van der Waals surface area contributed by atoms with E-state index in [1.165, 1.54) is 16.0 Å². The molecule has 0 saturated heterocycles. The molecule has 3 aromatic heterocycles. The van der Waals surface area contributed by atoms with E-state index in [2.05, 4.69) is 20.7 Å². The summed E-state index contributed by atoms with van der Waals surface area (Å²) < 4.78 is 16.3. The molecule has 3 heterocycles. The summed E-state index contributed by atoms with van der Waals surface area (Å²) in [7, 11) is 1.56. The minimum absolute atomic E-state index is 0.0546. The van der Waals surface area contributed by atoms with Gasteiger partial charge in [0.2, 0.25) is 17.6 Å². The van der Waals surface area contributed by atoms with E-state index in [1.54, 1.807) is 55.6 Å². The summed E-state index contributed by atoms with van der Waals surface area (Å²) in [6.07, 6.45) is 1.52. The summed E-state index contributed by atoms with van der Waals surface area (Å²) in [6.45, 7) is 7.26. The van der Waals surface area contributed by atoms with E-state index in [-0.39, 0.29) is 24.8 Å². The molecule has 1 N–H and O–H groups in total. The fourth-order valence-electron chi connectivity index (χ4n) is 3.77. The number of hydrogen-bond acceptors (Lipinski definition) is 8. The average Bonchev–Trinajstić information content (AvgIpc) is 3.60. The zero-order valence-electron chi connectivity index (χ0n) is 21.5. The zero-order valence-corrected chi connectivity index (χ0v) is 21.5. The van der Waals surface area contributed by atoms with Crippen LogP contribution in [0.15, 0.2) is 63.6 Å². The van der Waals surface area contributed by atoms with Gasteiger partial charge in [-0.25, -0.2) is 0 Å². The number of aryl methyl sites for hydroxylation is 1. The maximum Gasteiger partial charge on any atom is 0.247 e. The van der Waals surface area contributed by atoms with Crippen LogP contribution in [0.1, 0.15) is 43.9 Å². The number of benzene rings is 1. The van der Waals surface area contributed by atoms with Crippen molar-refractivity contribution in [3.8, 4) is 17.3 Å². The van der Waals surface area contributed by atoms with Crippen LogP contribution in [0, 0.1) is 6.92 Å². The lowest BCUT2D eigenvalue weighted by Gasteiger charge is -2.33. The first-order valence-electron chi connectivity index (χ1n) is 11.8. The summed E-state index contributed by atoms with van der Waals surface area (Å²) in [4.78, 5) is 30.0. The SMILES string of the molecule is COc1ccc([C@H](C(=O)NC(C)(C)C)N(Cc2ccco2)C(=O)Cn2nnc(-c3ccc(C)o3)n2)cc1. The normalized spacial score (nSPS) is 12.2. The van der Waals surface area contributed by atoms with Crippen LogP contribution in [0.4, 0.5) is 0 Å². The van der Waals surface area contributed by atoms with Gasteiger partial charge >= 0.3 is 0 Å². The van der Waals surface area contributed by atoms with Gasteiger partial charge in [-0.05, 0) is 74.9 Å². The second kappa shape index (κ2) is 10.7. The molecule has 37 heavy (non-hydrogen) atoms. The van der Waals surface area contributed by atoms with Crippen molar-refractivity contribution in [2.75, 3.05) is 7.11 Å². The van der Waals surface area contributed by atoms with Crippen LogP contribution < -0.4 is 10.1 Å². The molecule has 0 aliphatic heterocycles. The molecule has 11 nitrogen and oxygen atoms in total. The Labute approximate surface area is 214 Å². The van der Waals surface area contributed by atoms with Crippen molar-refractivity contribution in [1.29, 1.82) is 0 Å². The lowest BCUT2D eigenvalue weighted by molar-refractivity contribution is -0.143. The number of amides is 2. The summed E-state index contributed by atoms with van der Waals surface area (Å²) in [5.74, 6) is 1.83. The highest BCUT2D eigenvalue weighted by molar-refractivity contribution is 5.89. The predicted octanol–water partition coefficient (Wildman–Crippen LogP) is 3.53. The standard InChI is InChI=1S/C26H30N6O5/c1-17-8-13-21(37-17)24-28-30-32(29-24)16-22(33)31(15-20-7-6-14-36-20)23(25(34)27-26(2,3)4)18-9-11-19(35-5)12-10-18/h6-14,23H,15-16H2,1-5H3,(H,27,34)/t23-/m1/s1. The van der Waals surface area contributed by atoms with E-state index >= 15 is 0 Å². The third-order valence-corrected chi connectivity index (χ3v) is 5.41. The first-order chi connectivity index (χ1) is 17.6. The Morgan fingerprint density at radius 1 is 1.14 bits per heavy atom. The van der Waals surface area contributed by atoms with Crippen LogP contribution in [-0.4, -0.2) is 49.6 Å². The van der Waals surface area contributed by atoms with Gasteiger partial charge in [0, 0.05) is 5.54 Å². The number of aromatic nitrogens is 4. The molecule has 194 valence electrons. The molecule has 0 unspecified atom stereocenters. The summed E-state index contributed by atoms with van der Waals surface area (Å²) in [6, 6.07) is 13.1. The maximum atomic E-state index is 13.7. The first kappa shape index (κ1) is 25.7. The number of nitrogens with one attached hydrogen (secondary N) is 1. The van der Waals surface area contributed by atoms with Gasteiger partial charge in [0.1, 0.15) is 29.9 Å². The molecule has 0 aliphatic rings. The van der Waals surface area contributed by atoms with Gasteiger partial charge in [-0.1, -0.05) is 12.1 Å². The molecule has 0 fully saturated rings. The molecule has 0 saturated carbocycles. The van der Waals surface area contributed by atoms with Crippen LogP contribution in [0.3, 0.4) is 0 Å². The number of methoxy groups -OCH3 is 1. The van der Waals surface area contributed by atoms with Gasteiger partial charge in [0.25, 0.3) is 0 Å². The number of nitrogens with zero attached hydrogens (tertiary/aromatic N) is 5. The number of carbonyl (C=O) groups excluding carboxylic acids is 2. The Hall–Kier alpha value is -4.41. The van der Waals surface area contributed by atoms with Gasteiger partial charge in [-0.15, -0.1) is 10.2 Å². The third-order valence-electron chi connectivity index (χ3n) is 5.41. The van der Waals surface area contributed by atoms with E-state index < -0.39 is 17.5 Å². The zero-order chi connectivity index (χ0) is 26.6. The number of tetrazole rings is 1. The molecule has 0 aliphatic carbocycles. The predicted molar refractivity (Wildman–Crippen MR) is 133 cm³/mol. The molecule has 1 atom stereocenters. The molecule has 4 rings (SSSR count). The fourth-order valence-corrected chi connectivity index (χ4v) is 3.77. The molecular formula is C26H30N6O5. The minimum atomic E-state index is -0.960. The highest BCUT2D eigenvalue weighted by atomic mass is 16.5. The van der Waals surface area contributed by atoms with E-state index in [4.69, 9.17) is 13.6 Å². The van der Waals surface area contributed by atoms with Crippen molar-refractivity contribution >= 4 is 11.8 Å². The third kappa shape index (κ3) is 6.43. The lowest BCUT2D eigenvalue weighted by atomic mass is 10.0. The van der Waals surface area contributed by atoms with Crippen molar-refractivity contribution in [2.45, 2.75) is 52.4 Å². The number of rotatable bonds is 9. The van der Waals surface area contributed by atoms with E-state index in [1.807, 2.05) is 27.7 Å². The Morgan fingerprint density at radius 3 is 2.49 bits per heavy atom. The number of furan rings is 2. The van der Waals surface area contributed by atoms with Gasteiger partial charge in [0.05, 0.1) is 19.9 Å². The van der Waals surface area contributed by atoms with Crippen molar-refractivity contribution in [2.24, 2.45) is 0 Å². The molecule has 2 amide bonds. The Bertz CT molecular complexity index is 1330. The number of carbonyl (C=O) groups is 2. The molecule has 0 radical (unpaired) electrons. The Balaban J connectivity index is 1.68. The van der Waals surface area contributed by atoms with E-state index in [0.717, 1.165) is 0 Å². The summed E-state index contributed by atoms with van der Waals surface area (Å²) in [5.41, 5.74) is 0.0887. The van der Waals surface area contributed by atoms with Crippen LogP contribution in [0.5, 0.6) is 5.75 Å². The fraction of sp³-hybridized carbons (Fsp3) is 0.346. The second-order valence-electron chi connectivity index (χ2n) is 9.57. The minimum Gasteiger partial charge on any atom is -0.497 e. The van der Waals surface area contributed by atoms with Crippen molar-refractivity contribution in [1.82, 2.24) is 30.4 Å². The summed E-state index contributed by atoms with van der Waals surface area (Å²) >= 11 is 0. The molecule has 0 spiro atoms. The summed E-state index contributed by atoms with van der Waals surface area (Å²) in [5, 5.41) is 15.3. The van der Waals surface area contributed by atoms with E-state index in [9.17, 15) is 9.59 Å². The van der Waals surface area contributed by atoms with Gasteiger partial charge in [0.15, 0.2) is 5.76 Å². The van der Waals surface area contributed by atoms with Crippen molar-refractivity contribution in [3.05, 3.63) is 71.9 Å². The van der Waals surface area contributed by atoms with Crippen molar-refractivity contribution in [3.63, 3.8) is 0 Å². The average molecular weight is 507 g/mol. The topological polar surface area (TPSA) is 129 Å². The van der Waals surface area contributed by atoms with Gasteiger partial charge in [-0.2, -0.15) is 4.80 Å². The molecule has 1 aromatic carbocycles. The largest absolute Gasteiger partial charge is 0.497 e. The first-order valence-corrected chi connectivity index (χ1v) is 11.8. The van der Waals surface area contributed by atoms with Gasteiger partial charge < -0.3 is 23.8 Å². The van der Waals surface area contributed by atoms with Crippen LogP contribution in [0.2, 0.25) is 0 Å². The second-order valence-corrected chi connectivity index (χ2v) is 9.57. The van der Waals surface area contributed by atoms with E-state index in [0.29, 0.717) is 28.6 Å². The van der Waals surface area contributed by atoms with Gasteiger partial charge in [-0.3, -0.25) is 9.59 Å². The molecule has 4 aromatic rings.